The highest BCUT2D eigenvalue weighted by atomic mass is 16.3. The van der Waals surface area contributed by atoms with Gasteiger partial charge in [-0.05, 0) is 79.8 Å². The van der Waals surface area contributed by atoms with E-state index in [0.29, 0.717) is 17.5 Å². The molecule has 0 aliphatic carbocycles. The lowest BCUT2D eigenvalue weighted by Gasteiger charge is -2.10. The van der Waals surface area contributed by atoms with E-state index in [1.54, 1.807) is 0 Å². The van der Waals surface area contributed by atoms with E-state index in [9.17, 15) is 0 Å². The summed E-state index contributed by atoms with van der Waals surface area (Å²) in [5.41, 5.74) is 6.73. The first-order valence-corrected chi connectivity index (χ1v) is 16.4. The van der Waals surface area contributed by atoms with Crippen LogP contribution in [0.1, 0.15) is 0 Å². The second kappa shape index (κ2) is 11.0. The fraction of sp³-hybridized carbons (Fsp3) is 0. The molecule has 0 saturated heterocycles. The van der Waals surface area contributed by atoms with E-state index in [1.165, 1.54) is 26.9 Å². The number of furan rings is 1. The van der Waals surface area contributed by atoms with Crippen molar-refractivity contribution in [3.8, 4) is 45.3 Å². The Balaban J connectivity index is 1.17. The molecule has 0 N–H and O–H groups in total. The van der Waals surface area contributed by atoms with Gasteiger partial charge in [0.05, 0.1) is 0 Å². The Morgan fingerprint density at radius 1 is 0.327 bits per heavy atom. The van der Waals surface area contributed by atoms with Gasteiger partial charge < -0.3 is 4.42 Å². The predicted molar refractivity (Wildman–Crippen MR) is 201 cm³/mol. The molecule has 8 aromatic carbocycles. The lowest BCUT2D eigenvalue weighted by atomic mass is 9.94. The molecular weight excluding hydrogens is 599 g/mol. The van der Waals surface area contributed by atoms with E-state index >= 15 is 0 Å². The van der Waals surface area contributed by atoms with E-state index in [4.69, 9.17) is 19.4 Å². The van der Waals surface area contributed by atoms with Crippen LogP contribution in [0.5, 0.6) is 0 Å². The van der Waals surface area contributed by atoms with Crippen molar-refractivity contribution in [2.75, 3.05) is 0 Å². The van der Waals surface area contributed by atoms with Crippen LogP contribution in [-0.2, 0) is 0 Å². The summed E-state index contributed by atoms with van der Waals surface area (Å²) in [6, 6.07) is 57.0. The van der Waals surface area contributed by atoms with Gasteiger partial charge in [0.2, 0.25) is 0 Å². The van der Waals surface area contributed by atoms with Crippen molar-refractivity contribution in [2.24, 2.45) is 0 Å². The average Bonchev–Trinajstić information content (AvgIpc) is 3.56. The third-order valence-electron chi connectivity index (χ3n) is 9.49. The molecule has 0 atom stereocenters. The number of rotatable bonds is 4. The van der Waals surface area contributed by atoms with Crippen LogP contribution >= 0.6 is 0 Å². The topological polar surface area (TPSA) is 51.8 Å². The molecule has 0 bridgehead atoms. The summed E-state index contributed by atoms with van der Waals surface area (Å²) in [4.78, 5) is 15.1. The Kier molecular flexibility index (Phi) is 6.15. The number of aromatic nitrogens is 3. The molecule has 0 aliphatic heterocycles. The fourth-order valence-electron chi connectivity index (χ4n) is 7.05. The summed E-state index contributed by atoms with van der Waals surface area (Å²) < 4.78 is 6.44. The van der Waals surface area contributed by atoms with Crippen LogP contribution in [0.4, 0.5) is 0 Å². The second-order valence-electron chi connectivity index (χ2n) is 12.4. The molecule has 4 heteroatoms. The molecule has 0 fully saturated rings. The van der Waals surface area contributed by atoms with Gasteiger partial charge in [0.1, 0.15) is 11.2 Å². The predicted octanol–water partition coefficient (Wildman–Crippen LogP) is 11.9. The quantitative estimate of drug-likeness (QED) is 0.183. The maximum absolute atomic E-state index is 6.44. The SMILES string of the molecule is c1ccc(-c2nc(-c3ccc4ccccc4c3)nc(-c3ccc4oc5cccc(-c6ccc7ccc8ccccc8c7c6)c5c4c3)n2)cc1. The molecule has 0 saturated carbocycles. The largest absolute Gasteiger partial charge is 0.456 e. The van der Waals surface area contributed by atoms with Gasteiger partial charge in [-0.25, -0.2) is 15.0 Å². The second-order valence-corrected chi connectivity index (χ2v) is 12.4. The van der Waals surface area contributed by atoms with Crippen LogP contribution in [0.3, 0.4) is 0 Å². The number of hydrogen-bond acceptors (Lipinski definition) is 4. The van der Waals surface area contributed by atoms with Crippen molar-refractivity contribution >= 4 is 54.3 Å². The zero-order valence-electron chi connectivity index (χ0n) is 26.3. The van der Waals surface area contributed by atoms with E-state index in [2.05, 4.69) is 115 Å². The molecule has 0 spiro atoms. The van der Waals surface area contributed by atoms with Gasteiger partial charge in [0.15, 0.2) is 17.5 Å². The van der Waals surface area contributed by atoms with Gasteiger partial charge in [0, 0.05) is 27.5 Å². The lowest BCUT2D eigenvalue weighted by molar-refractivity contribution is 0.669. The number of nitrogens with zero attached hydrogens (tertiary/aromatic N) is 3. The summed E-state index contributed by atoms with van der Waals surface area (Å²) >= 11 is 0. The van der Waals surface area contributed by atoms with Crippen molar-refractivity contribution in [3.05, 3.63) is 164 Å². The van der Waals surface area contributed by atoms with Crippen molar-refractivity contribution in [3.63, 3.8) is 0 Å². The molecule has 10 rings (SSSR count). The van der Waals surface area contributed by atoms with Crippen molar-refractivity contribution < 1.29 is 4.42 Å². The summed E-state index contributed by atoms with van der Waals surface area (Å²) in [7, 11) is 0. The Labute approximate surface area is 282 Å². The number of hydrogen-bond donors (Lipinski definition) is 0. The third-order valence-corrected chi connectivity index (χ3v) is 9.49. The van der Waals surface area contributed by atoms with Crippen molar-refractivity contribution in [2.45, 2.75) is 0 Å². The Bertz CT molecular complexity index is 2890. The van der Waals surface area contributed by atoms with Gasteiger partial charge in [-0.1, -0.05) is 127 Å². The van der Waals surface area contributed by atoms with Crippen LogP contribution in [-0.4, -0.2) is 15.0 Å². The maximum Gasteiger partial charge on any atom is 0.164 e. The van der Waals surface area contributed by atoms with E-state index in [0.717, 1.165) is 55.1 Å². The summed E-state index contributed by atoms with van der Waals surface area (Å²) in [5, 5.41) is 9.36. The van der Waals surface area contributed by atoms with Crippen LogP contribution in [0.2, 0.25) is 0 Å². The van der Waals surface area contributed by atoms with Crippen LogP contribution < -0.4 is 0 Å². The Morgan fingerprint density at radius 2 is 0.918 bits per heavy atom. The van der Waals surface area contributed by atoms with Crippen LogP contribution in [0, 0.1) is 0 Å². The number of benzene rings is 8. The van der Waals surface area contributed by atoms with Gasteiger partial charge >= 0.3 is 0 Å². The van der Waals surface area contributed by atoms with Gasteiger partial charge in [-0.2, -0.15) is 0 Å². The first-order valence-electron chi connectivity index (χ1n) is 16.4. The molecule has 4 nitrogen and oxygen atoms in total. The van der Waals surface area contributed by atoms with Gasteiger partial charge in [-0.3, -0.25) is 0 Å². The molecule has 0 aliphatic rings. The molecule has 228 valence electrons. The molecule has 10 aromatic rings. The van der Waals surface area contributed by atoms with Crippen LogP contribution in [0.25, 0.3) is 99.5 Å². The summed E-state index contributed by atoms with van der Waals surface area (Å²) in [5.74, 6) is 1.88. The smallest absolute Gasteiger partial charge is 0.164 e. The molecule has 0 unspecified atom stereocenters. The maximum atomic E-state index is 6.44. The fourth-order valence-corrected chi connectivity index (χ4v) is 7.05. The van der Waals surface area contributed by atoms with E-state index in [-0.39, 0.29) is 0 Å². The van der Waals surface area contributed by atoms with Gasteiger partial charge in [-0.15, -0.1) is 0 Å². The highest BCUT2D eigenvalue weighted by Crippen LogP contribution is 2.40. The molecule has 0 radical (unpaired) electrons. The molecule has 2 aromatic heterocycles. The molecule has 2 heterocycles. The molecule has 0 amide bonds. The van der Waals surface area contributed by atoms with Crippen LogP contribution in [0.15, 0.2) is 168 Å². The normalized spacial score (nSPS) is 11.7. The minimum atomic E-state index is 0.614. The Morgan fingerprint density at radius 3 is 1.76 bits per heavy atom. The highest BCUT2D eigenvalue weighted by molar-refractivity contribution is 6.15. The highest BCUT2D eigenvalue weighted by Gasteiger charge is 2.17. The summed E-state index contributed by atoms with van der Waals surface area (Å²) in [6.45, 7) is 0. The third kappa shape index (κ3) is 4.65. The van der Waals surface area contributed by atoms with Crippen molar-refractivity contribution in [1.82, 2.24) is 15.0 Å². The molecule has 49 heavy (non-hydrogen) atoms. The monoisotopic (exact) mass is 625 g/mol. The molecular formula is C45H27N3O. The first-order chi connectivity index (χ1) is 24.2. The lowest BCUT2D eigenvalue weighted by Crippen LogP contribution is -2.00. The minimum Gasteiger partial charge on any atom is -0.456 e. The number of fused-ring (bicyclic) bond motifs is 7. The Hall–Kier alpha value is -6.65. The van der Waals surface area contributed by atoms with E-state index in [1.807, 2.05) is 48.5 Å². The van der Waals surface area contributed by atoms with Crippen molar-refractivity contribution in [1.29, 1.82) is 0 Å². The summed E-state index contributed by atoms with van der Waals surface area (Å²) in [6.07, 6.45) is 0. The van der Waals surface area contributed by atoms with E-state index < -0.39 is 0 Å². The zero-order chi connectivity index (χ0) is 32.3. The first kappa shape index (κ1) is 27.5. The zero-order valence-corrected chi connectivity index (χ0v) is 26.3. The standard InChI is InChI=1S/C45H27N3O/c1-2-11-31(12-3-1)43-46-44(34-22-17-28-9-4-5-13-32(28)25-34)48-45(47-43)35-23-24-40-39(27-35)42-37(15-8-16-41(42)49-40)33-21-20-30-19-18-29-10-6-7-14-36(29)38(30)26-33/h1-27H. The minimum absolute atomic E-state index is 0.614. The van der Waals surface area contributed by atoms with Gasteiger partial charge in [0.25, 0.3) is 0 Å². The average molecular weight is 626 g/mol.